The van der Waals surface area contributed by atoms with Gasteiger partial charge in [-0.25, -0.2) is 4.98 Å². The number of fused-ring (bicyclic) bond motifs is 9. The summed E-state index contributed by atoms with van der Waals surface area (Å²) in [5.74, 6) is 0.853. The zero-order valence-corrected chi connectivity index (χ0v) is 25.5. The average Bonchev–Trinajstić information content (AvgIpc) is 3.70. The molecule has 0 bridgehead atoms. The summed E-state index contributed by atoms with van der Waals surface area (Å²) >= 11 is 0. The maximum atomic E-state index is 4.70. The molecule has 0 fully saturated rings. The van der Waals surface area contributed by atoms with E-state index in [-0.39, 0.29) is 21.1 Å². The van der Waals surface area contributed by atoms with Crippen molar-refractivity contribution in [2.45, 2.75) is 0 Å². The molecule has 6 nitrogen and oxygen atoms in total. The van der Waals surface area contributed by atoms with E-state index in [1.807, 2.05) is 40.9 Å². The SMILES string of the molecule is [Pt+2].[c-]1c(N(c2[c-]c3c(cc2)c2ccccc2n3-c2ccccn2)c2ccccc2)ccc2c1c1nncn1c1ccccc21. The molecule has 0 saturated heterocycles. The maximum absolute atomic E-state index is 4.70. The van der Waals surface area contributed by atoms with Crippen molar-refractivity contribution in [2.24, 2.45) is 0 Å². The third kappa shape index (κ3) is 3.95. The Morgan fingerprint density at radius 3 is 2.07 bits per heavy atom. The van der Waals surface area contributed by atoms with Gasteiger partial charge < -0.3 is 13.9 Å². The molecule has 0 saturated carbocycles. The summed E-state index contributed by atoms with van der Waals surface area (Å²) < 4.78 is 4.22. The first-order valence-corrected chi connectivity index (χ1v) is 14.1. The van der Waals surface area contributed by atoms with Crippen LogP contribution in [0.2, 0.25) is 0 Å². The number of pyridine rings is 2. The Morgan fingerprint density at radius 1 is 0.591 bits per heavy atom. The van der Waals surface area contributed by atoms with Crippen LogP contribution in [0, 0.1) is 12.1 Å². The van der Waals surface area contributed by atoms with E-state index in [9.17, 15) is 0 Å². The molecule has 0 aliphatic carbocycles. The van der Waals surface area contributed by atoms with Crippen molar-refractivity contribution in [3.05, 3.63) is 146 Å². The first-order chi connectivity index (χ1) is 21.3. The second-order valence-electron chi connectivity index (χ2n) is 10.5. The van der Waals surface area contributed by atoms with Crippen LogP contribution >= 0.6 is 0 Å². The molecule has 0 unspecified atom stereocenters. The Morgan fingerprint density at radius 2 is 1.27 bits per heavy atom. The molecule has 0 radical (unpaired) electrons. The summed E-state index contributed by atoms with van der Waals surface area (Å²) in [6.45, 7) is 0. The van der Waals surface area contributed by atoms with Gasteiger partial charge in [-0.15, -0.1) is 40.8 Å². The van der Waals surface area contributed by atoms with Crippen LogP contribution in [-0.4, -0.2) is 24.1 Å². The van der Waals surface area contributed by atoms with E-state index < -0.39 is 0 Å². The first kappa shape index (κ1) is 26.3. The monoisotopic (exact) mass is 745 g/mol. The van der Waals surface area contributed by atoms with E-state index in [0.717, 1.165) is 72.0 Å². The quantitative estimate of drug-likeness (QED) is 0.134. The molecule has 0 N–H and O–H groups in total. The molecule has 9 aromatic rings. The van der Waals surface area contributed by atoms with Crippen LogP contribution in [-0.2, 0) is 21.1 Å². The predicted molar refractivity (Wildman–Crippen MR) is 172 cm³/mol. The molecule has 0 aliphatic heterocycles. The zero-order chi connectivity index (χ0) is 28.3. The van der Waals surface area contributed by atoms with Crippen LogP contribution in [0.3, 0.4) is 0 Å². The van der Waals surface area contributed by atoms with E-state index in [1.165, 1.54) is 0 Å². The normalized spacial score (nSPS) is 11.5. The number of hydrogen-bond donors (Lipinski definition) is 0. The van der Waals surface area contributed by atoms with Crippen molar-refractivity contribution in [3.8, 4) is 5.82 Å². The van der Waals surface area contributed by atoms with Gasteiger partial charge in [0.25, 0.3) is 0 Å². The summed E-state index contributed by atoms with van der Waals surface area (Å²) in [4.78, 5) is 6.90. The summed E-state index contributed by atoms with van der Waals surface area (Å²) in [7, 11) is 0. The van der Waals surface area contributed by atoms with Crippen molar-refractivity contribution in [1.82, 2.24) is 24.1 Å². The molecule has 44 heavy (non-hydrogen) atoms. The van der Waals surface area contributed by atoms with Gasteiger partial charge >= 0.3 is 21.1 Å². The molecule has 0 atom stereocenters. The molecule has 7 heteroatoms. The number of para-hydroxylation sites is 3. The third-order valence-corrected chi connectivity index (χ3v) is 8.10. The molecule has 210 valence electrons. The van der Waals surface area contributed by atoms with E-state index in [0.29, 0.717) is 0 Å². The second-order valence-corrected chi connectivity index (χ2v) is 10.5. The van der Waals surface area contributed by atoms with E-state index in [1.54, 1.807) is 6.33 Å². The largest absolute Gasteiger partial charge is 2.00 e. The fourth-order valence-corrected chi connectivity index (χ4v) is 6.23. The van der Waals surface area contributed by atoms with Crippen LogP contribution in [0.4, 0.5) is 17.1 Å². The summed E-state index contributed by atoms with van der Waals surface area (Å²) in [5.41, 5.74) is 6.68. The Hall–Kier alpha value is -5.32. The Kier molecular flexibility index (Phi) is 6.24. The van der Waals surface area contributed by atoms with Gasteiger partial charge in [-0.1, -0.05) is 82.6 Å². The van der Waals surface area contributed by atoms with E-state index in [2.05, 4.69) is 123 Å². The number of benzene rings is 5. The fraction of sp³-hybridized carbons (Fsp3) is 0. The molecular formula is C37H22N6Pt. The van der Waals surface area contributed by atoms with Gasteiger partial charge in [-0.05, 0) is 52.9 Å². The van der Waals surface area contributed by atoms with Crippen LogP contribution in [0.1, 0.15) is 0 Å². The topological polar surface area (TPSA) is 51.2 Å². The maximum Gasteiger partial charge on any atom is 2.00 e. The first-order valence-electron chi connectivity index (χ1n) is 14.1. The molecule has 0 amide bonds. The van der Waals surface area contributed by atoms with Crippen molar-refractivity contribution in [2.75, 3.05) is 4.90 Å². The fourth-order valence-electron chi connectivity index (χ4n) is 6.23. The van der Waals surface area contributed by atoms with Gasteiger partial charge in [0.05, 0.1) is 5.65 Å². The van der Waals surface area contributed by atoms with Gasteiger partial charge in [0.2, 0.25) is 0 Å². The van der Waals surface area contributed by atoms with Crippen molar-refractivity contribution >= 4 is 66.2 Å². The Labute approximate surface area is 267 Å². The van der Waals surface area contributed by atoms with Gasteiger partial charge in [-0.2, -0.15) is 11.2 Å². The van der Waals surface area contributed by atoms with Crippen LogP contribution in [0.15, 0.2) is 134 Å². The molecule has 9 rings (SSSR count). The van der Waals surface area contributed by atoms with Gasteiger partial charge in [-0.3, -0.25) is 0 Å². The number of nitrogens with zero attached hydrogens (tertiary/aromatic N) is 6. The summed E-state index contributed by atoms with van der Waals surface area (Å²) in [6.07, 6.45) is 3.60. The number of anilines is 3. The Balaban J connectivity index is 0.00000289. The average molecular weight is 746 g/mol. The smallest absolute Gasteiger partial charge is 0.352 e. The van der Waals surface area contributed by atoms with Crippen molar-refractivity contribution in [3.63, 3.8) is 0 Å². The van der Waals surface area contributed by atoms with E-state index >= 15 is 0 Å². The molecular weight excluding hydrogens is 724 g/mol. The minimum absolute atomic E-state index is 0. The molecule has 4 heterocycles. The minimum Gasteiger partial charge on any atom is -0.352 e. The van der Waals surface area contributed by atoms with Gasteiger partial charge in [0.1, 0.15) is 12.1 Å². The number of hydrogen-bond acceptors (Lipinski definition) is 4. The van der Waals surface area contributed by atoms with E-state index in [4.69, 9.17) is 4.98 Å². The predicted octanol–water partition coefficient (Wildman–Crippen LogP) is 8.60. The zero-order valence-electron chi connectivity index (χ0n) is 23.2. The van der Waals surface area contributed by atoms with Crippen molar-refractivity contribution in [1.29, 1.82) is 0 Å². The third-order valence-electron chi connectivity index (χ3n) is 8.10. The summed E-state index contributed by atoms with van der Waals surface area (Å²) in [6, 6.07) is 49.2. The Bertz CT molecular complexity index is 2470. The minimum atomic E-state index is 0. The standard InChI is InChI=1S/C37H22N6.Pt/c1-2-10-25(11-3-1)42(26-17-19-28-29-12-4-6-14-33(29)41-24-39-40-37(41)32(28)22-26)27-18-20-31-30-13-5-7-15-34(30)43(35(31)23-27)36-16-8-9-21-38-36;/h1-21,24H;/q-2;+2. The van der Waals surface area contributed by atoms with Crippen molar-refractivity contribution < 1.29 is 21.1 Å². The summed E-state index contributed by atoms with van der Waals surface area (Å²) in [5, 5.41) is 14.2. The van der Waals surface area contributed by atoms with Gasteiger partial charge in [0, 0.05) is 22.9 Å². The molecule has 5 aromatic carbocycles. The van der Waals surface area contributed by atoms with Crippen LogP contribution < -0.4 is 4.90 Å². The van der Waals surface area contributed by atoms with Crippen LogP contribution in [0.5, 0.6) is 0 Å². The molecule has 4 aromatic heterocycles. The molecule has 0 aliphatic rings. The second kappa shape index (κ2) is 10.4. The number of rotatable bonds is 4. The van der Waals surface area contributed by atoms with Crippen LogP contribution in [0.25, 0.3) is 54.9 Å². The number of aromatic nitrogens is 5. The van der Waals surface area contributed by atoms with Gasteiger partial charge in [0.15, 0.2) is 0 Å². The molecule has 0 spiro atoms.